The number of nitrogens with one attached hydrogen (secondary N) is 2. The summed E-state index contributed by atoms with van der Waals surface area (Å²) in [6.45, 7) is 9.89. The minimum Gasteiger partial charge on any atom is -0.370 e. The number of allylic oxidation sites excluding steroid dienone is 1. The number of hydrogen-bond acceptors (Lipinski definition) is 5. The molecule has 3 aromatic rings. The lowest BCUT2D eigenvalue weighted by molar-refractivity contribution is 0.616. The van der Waals surface area contributed by atoms with Gasteiger partial charge in [0.15, 0.2) is 5.65 Å². The fraction of sp³-hybridized carbons (Fsp3) is 0.278. The smallest absolute Gasteiger partial charge is 0.184 e. The molecule has 25 heavy (non-hydrogen) atoms. The molecule has 0 aliphatic carbocycles. The van der Waals surface area contributed by atoms with E-state index in [-0.39, 0.29) is 0 Å². The van der Waals surface area contributed by atoms with Crippen LogP contribution >= 0.6 is 0 Å². The number of rotatable bonds is 5. The first-order valence-electron chi connectivity index (χ1n) is 8.36. The first kappa shape index (κ1) is 15.4. The van der Waals surface area contributed by atoms with Crippen molar-refractivity contribution in [3.63, 3.8) is 0 Å². The number of imidazole rings is 1. The topological polar surface area (TPSA) is 72.6 Å². The number of pyridine rings is 1. The molecule has 0 atom stereocenters. The van der Waals surface area contributed by atoms with Crippen LogP contribution in [-0.2, 0) is 6.54 Å². The van der Waals surface area contributed by atoms with Crippen molar-refractivity contribution >= 4 is 22.7 Å². The number of anilines is 1. The molecule has 2 N–H and O–H groups in total. The van der Waals surface area contributed by atoms with Crippen molar-refractivity contribution in [3.8, 4) is 0 Å². The van der Waals surface area contributed by atoms with Gasteiger partial charge in [-0.25, -0.2) is 9.97 Å². The van der Waals surface area contributed by atoms with Crippen LogP contribution in [0.4, 0.5) is 5.82 Å². The van der Waals surface area contributed by atoms with Gasteiger partial charge in [0, 0.05) is 43.0 Å². The fourth-order valence-corrected chi connectivity index (χ4v) is 3.16. The third kappa shape index (κ3) is 2.88. The molecular weight excluding hydrogens is 314 g/mol. The third-order valence-corrected chi connectivity index (χ3v) is 4.25. The van der Waals surface area contributed by atoms with Gasteiger partial charge in [-0.05, 0) is 31.9 Å². The Hall–Kier alpha value is -3.09. The molecule has 0 fully saturated rings. The second kappa shape index (κ2) is 6.08. The number of nitrogens with zero attached hydrogens (tertiary/aromatic N) is 5. The average Bonchev–Trinajstić information content (AvgIpc) is 3.18. The summed E-state index contributed by atoms with van der Waals surface area (Å²) < 4.78 is 3.96. The largest absolute Gasteiger partial charge is 0.370 e. The first-order valence-corrected chi connectivity index (χ1v) is 8.36. The molecular formula is C18H21N7. The van der Waals surface area contributed by atoms with E-state index in [1.807, 2.05) is 30.2 Å². The first-order chi connectivity index (χ1) is 12.1. The lowest BCUT2D eigenvalue weighted by atomic mass is 10.1. The van der Waals surface area contributed by atoms with Gasteiger partial charge in [-0.2, -0.15) is 4.68 Å². The molecule has 1 aliphatic rings. The predicted octanol–water partition coefficient (Wildman–Crippen LogP) is 2.66. The minimum absolute atomic E-state index is 0.751. The minimum atomic E-state index is 0.751. The summed E-state index contributed by atoms with van der Waals surface area (Å²) in [5.41, 5.74) is 3.72. The molecule has 1 aliphatic heterocycles. The highest BCUT2D eigenvalue weighted by molar-refractivity contribution is 5.94. The van der Waals surface area contributed by atoms with Crippen molar-refractivity contribution in [3.05, 3.63) is 54.4 Å². The van der Waals surface area contributed by atoms with Crippen LogP contribution in [0.15, 0.2) is 43.1 Å². The summed E-state index contributed by atoms with van der Waals surface area (Å²) in [5.74, 6) is 1.84. The quantitative estimate of drug-likeness (QED) is 0.701. The highest BCUT2D eigenvalue weighted by Crippen LogP contribution is 2.31. The van der Waals surface area contributed by atoms with Crippen molar-refractivity contribution in [2.24, 2.45) is 0 Å². The zero-order valence-corrected chi connectivity index (χ0v) is 14.5. The van der Waals surface area contributed by atoms with E-state index in [9.17, 15) is 0 Å². The van der Waals surface area contributed by atoms with E-state index in [0.717, 1.165) is 59.1 Å². The summed E-state index contributed by atoms with van der Waals surface area (Å²) in [6.07, 6.45) is 8.56. The average molecular weight is 335 g/mol. The molecule has 0 amide bonds. The van der Waals surface area contributed by atoms with Crippen LogP contribution in [0, 0.1) is 13.8 Å². The van der Waals surface area contributed by atoms with Gasteiger partial charge in [-0.15, -0.1) is 5.10 Å². The summed E-state index contributed by atoms with van der Waals surface area (Å²) >= 11 is 0. The number of hydrogen-bond donors (Lipinski definition) is 2. The van der Waals surface area contributed by atoms with Gasteiger partial charge in [-0.1, -0.05) is 6.58 Å². The van der Waals surface area contributed by atoms with Gasteiger partial charge in [0.2, 0.25) is 0 Å². The van der Waals surface area contributed by atoms with E-state index in [0.29, 0.717) is 0 Å². The number of aryl methyl sites for hydroxylation is 3. The van der Waals surface area contributed by atoms with Crippen molar-refractivity contribution in [2.75, 3.05) is 11.9 Å². The van der Waals surface area contributed by atoms with Crippen LogP contribution in [0.2, 0.25) is 0 Å². The summed E-state index contributed by atoms with van der Waals surface area (Å²) in [7, 11) is 0. The highest BCUT2D eigenvalue weighted by atomic mass is 15.4. The predicted molar refractivity (Wildman–Crippen MR) is 98.9 cm³/mol. The Kier molecular flexibility index (Phi) is 3.76. The van der Waals surface area contributed by atoms with Crippen molar-refractivity contribution in [1.29, 1.82) is 0 Å². The van der Waals surface area contributed by atoms with Crippen LogP contribution < -0.4 is 10.6 Å². The van der Waals surface area contributed by atoms with Crippen LogP contribution in [0.3, 0.4) is 0 Å². The van der Waals surface area contributed by atoms with Gasteiger partial charge in [0.1, 0.15) is 11.6 Å². The molecule has 3 aromatic heterocycles. The van der Waals surface area contributed by atoms with E-state index < -0.39 is 0 Å². The van der Waals surface area contributed by atoms with Gasteiger partial charge in [0.05, 0.1) is 11.7 Å². The maximum absolute atomic E-state index is 4.68. The Morgan fingerprint density at radius 1 is 1.32 bits per heavy atom. The molecule has 0 saturated heterocycles. The molecule has 0 radical (unpaired) electrons. The summed E-state index contributed by atoms with van der Waals surface area (Å²) in [4.78, 5) is 8.62. The van der Waals surface area contributed by atoms with Crippen molar-refractivity contribution in [1.82, 2.24) is 29.6 Å². The van der Waals surface area contributed by atoms with E-state index in [1.165, 1.54) is 0 Å². The van der Waals surface area contributed by atoms with E-state index in [1.54, 1.807) is 6.20 Å². The molecule has 4 rings (SSSR count). The SMILES string of the molecule is C=C1C=C(NCCCn2ccnc2)n2nc3nc(C)cc(C)c3c2N1. The Morgan fingerprint density at radius 2 is 2.20 bits per heavy atom. The molecule has 0 saturated carbocycles. The Morgan fingerprint density at radius 3 is 3.00 bits per heavy atom. The van der Waals surface area contributed by atoms with Gasteiger partial charge >= 0.3 is 0 Å². The molecule has 0 bridgehead atoms. The Bertz CT molecular complexity index is 963. The molecule has 0 spiro atoms. The van der Waals surface area contributed by atoms with E-state index in [4.69, 9.17) is 0 Å². The van der Waals surface area contributed by atoms with Crippen LogP contribution in [0.5, 0.6) is 0 Å². The van der Waals surface area contributed by atoms with Gasteiger partial charge < -0.3 is 15.2 Å². The summed E-state index contributed by atoms with van der Waals surface area (Å²) in [6, 6.07) is 2.08. The molecule has 128 valence electrons. The normalized spacial score (nSPS) is 13.5. The maximum atomic E-state index is 4.68. The second-order valence-electron chi connectivity index (χ2n) is 6.30. The molecule has 0 unspecified atom stereocenters. The third-order valence-electron chi connectivity index (χ3n) is 4.25. The molecule has 4 heterocycles. The zero-order chi connectivity index (χ0) is 17.4. The molecule has 0 aromatic carbocycles. The van der Waals surface area contributed by atoms with Gasteiger partial charge in [-0.3, -0.25) is 0 Å². The van der Waals surface area contributed by atoms with E-state index in [2.05, 4.69) is 49.8 Å². The van der Waals surface area contributed by atoms with E-state index >= 15 is 0 Å². The summed E-state index contributed by atoms with van der Waals surface area (Å²) in [5, 5.41) is 12.5. The zero-order valence-electron chi connectivity index (χ0n) is 14.5. The van der Waals surface area contributed by atoms with Gasteiger partial charge in [0.25, 0.3) is 0 Å². The Balaban J connectivity index is 1.57. The van der Waals surface area contributed by atoms with Crippen molar-refractivity contribution < 1.29 is 0 Å². The maximum Gasteiger partial charge on any atom is 0.184 e. The number of aromatic nitrogens is 5. The lowest BCUT2D eigenvalue weighted by Gasteiger charge is -2.20. The second-order valence-corrected chi connectivity index (χ2v) is 6.30. The standard InChI is InChI=1S/C18H21N7/c1-12-9-13(2)21-17-16(12)18-22-14(3)10-15(25(18)23-17)20-5-4-7-24-8-6-19-11-24/h6,8-11,20,22H,3-5,7H2,1-2H3. The van der Waals surface area contributed by atoms with Crippen LogP contribution in [-0.4, -0.2) is 30.9 Å². The number of fused-ring (bicyclic) bond motifs is 3. The van der Waals surface area contributed by atoms with Crippen molar-refractivity contribution in [2.45, 2.75) is 26.8 Å². The molecule has 7 nitrogen and oxygen atoms in total. The van der Waals surface area contributed by atoms with Crippen LogP contribution in [0.1, 0.15) is 17.7 Å². The lowest BCUT2D eigenvalue weighted by Crippen LogP contribution is -2.24. The molecule has 7 heteroatoms. The Labute approximate surface area is 146 Å². The highest BCUT2D eigenvalue weighted by Gasteiger charge is 2.21. The monoisotopic (exact) mass is 335 g/mol. The fourth-order valence-electron chi connectivity index (χ4n) is 3.16. The van der Waals surface area contributed by atoms with Crippen LogP contribution in [0.25, 0.3) is 16.9 Å².